The Balaban J connectivity index is 1.84. The molecular weight excluding hydrogens is 334 g/mol. The van der Waals surface area contributed by atoms with Crippen molar-refractivity contribution in [2.75, 3.05) is 31.9 Å². The number of nitrogens with zero attached hydrogens (tertiary/aromatic N) is 2. The van der Waals surface area contributed by atoms with Gasteiger partial charge in [-0.1, -0.05) is 37.3 Å². The predicted molar refractivity (Wildman–Crippen MR) is 104 cm³/mol. The van der Waals surface area contributed by atoms with E-state index >= 15 is 0 Å². The van der Waals surface area contributed by atoms with Crippen LogP contribution in [0, 0.1) is 5.92 Å². The van der Waals surface area contributed by atoms with Crippen LogP contribution in [0.15, 0.2) is 35.3 Å². The average Bonchev–Trinajstić information content (AvgIpc) is 2.58. The van der Waals surface area contributed by atoms with Crippen molar-refractivity contribution in [3.63, 3.8) is 0 Å². The van der Waals surface area contributed by atoms with E-state index in [1.54, 1.807) is 0 Å². The fourth-order valence-corrected chi connectivity index (χ4v) is 4.59. The average molecular weight is 366 g/mol. The SMILES string of the molecule is CCNC(=NCCCS(=O)(=O)Cc1ccccc1)N1CCCC(C)C1. The molecule has 1 heterocycles. The summed E-state index contributed by atoms with van der Waals surface area (Å²) in [5.74, 6) is 1.90. The first-order valence-electron chi connectivity index (χ1n) is 9.28. The van der Waals surface area contributed by atoms with Crippen LogP contribution in [-0.4, -0.2) is 51.2 Å². The second-order valence-corrected chi connectivity index (χ2v) is 9.04. The van der Waals surface area contributed by atoms with Crippen molar-refractivity contribution < 1.29 is 8.42 Å². The van der Waals surface area contributed by atoms with Crippen molar-refractivity contribution in [3.05, 3.63) is 35.9 Å². The Morgan fingerprint density at radius 3 is 2.76 bits per heavy atom. The third-order valence-electron chi connectivity index (χ3n) is 4.40. The van der Waals surface area contributed by atoms with Gasteiger partial charge in [-0.25, -0.2) is 8.42 Å². The van der Waals surface area contributed by atoms with Crippen molar-refractivity contribution in [1.29, 1.82) is 0 Å². The summed E-state index contributed by atoms with van der Waals surface area (Å²) in [6.45, 7) is 7.76. The molecule has 6 heteroatoms. The lowest BCUT2D eigenvalue weighted by molar-refractivity contribution is 0.266. The van der Waals surface area contributed by atoms with E-state index in [1.807, 2.05) is 30.3 Å². The Morgan fingerprint density at radius 2 is 2.08 bits per heavy atom. The van der Waals surface area contributed by atoms with Crippen molar-refractivity contribution in [2.24, 2.45) is 10.9 Å². The molecule has 0 spiro atoms. The molecule has 1 saturated heterocycles. The van der Waals surface area contributed by atoms with Crippen molar-refractivity contribution in [2.45, 2.75) is 38.9 Å². The molecule has 1 N–H and O–H groups in total. The summed E-state index contributed by atoms with van der Waals surface area (Å²) in [5.41, 5.74) is 0.849. The van der Waals surface area contributed by atoms with Gasteiger partial charge in [0, 0.05) is 26.2 Å². The Morgan fingerprint density at radius 1 is 1.32 bits per heavy atom. The predicted octanol–water partition coefficient (Wildman–Crippen LogP) is 2.69. The molecule has 0 bridgehead atoms. The summed E-state index contributed by atoms with van der Waals surface area (Å²) >= 11 is 0. The summed E-state index contributed by atoms with van der Waals surface area (Å²) in [4.78, 5) is 6.95. The molecule has 0 aromatic heterocycles. The number of hydrogen-bond donors (Lipinski definition) is 1. The van der Waals surface area contributed by atoms with Crippen LogP contribution in [0.1, 0.15) is 38.7 Å². The minimum Gasteiger partial charge on any atom is -0.357 e. The zero-order valence-corrected chi connectivity index (χ0v) is 16.3. The van der Waals surface area contributed by atoms with E-state index in [9.17, 15) is 8.42 Å². The summed E-state index contributed by atoms with van der Waals surface area (Å²) in [6, 6.07) is 9.36. The second-order valence-electron chi connectivity index (χ2n) is 6.86. The van der Waals surface area contributed by atoms with Gasteiger partial charge in [-0.15, -0.1) is 0 Å². The van der Waals surface area contributed by atoms with Gasteiger partial charge in [0.2, 0.25) is 0 Å². The highest BCUT2D eigenvalue weighted by Crippen LogP contribution is 2.15. The molecule has 5 nitrogen and oxygen atoms in total. The smallest absolute Gasteiger partial charge is 0.193 e. The molecule has 1 aliphatic heterocycles. The molecule has 1 aromatic rings. The Hall–Kier alpha value is -1.56. The first kappa shape index (κ1) is 19.8. The molecule has 1 aromatic carbocycles. The van der Waals surface area contributed by atoms with Crippen molar-refractivity contribution in [3.8, 4) is 0 Å². The zero-order valence-electron chi connectivity index (χ0n) is 15.4. The maximum Gasteiger partial charge on any atom is 0.193 e. The van der Waals surface area contributed by atoms with Gasteiger partial charge in [-0.3, -0.25) is 4.99 Å². The molecule has 2 rings (SSSR count). The number of sulfone groups is 1. The Kier molecular flexibility index (Phi) is 7.75. The maximum absolute atomic E-state index is 12.2. The largest absolute Gasteiger partial charge is 0.357 e. The van der Waals surface area contributed by atoms with Crippen LogP contribution in [0.25, 0.3) is 0 Å². The van der Waals surface area contributed by atoms with Crippen LogP contribution < -0.4 is 5.32 Å². The lowest BCUT2D eigenvalue weighted by atomic mass is 10.0. The van der Waals surface area contributed by atoms with Gasteiger partial charge >= 0.3 is 0 Å². The number of rotatable bonds is 7. The van der Waals surface area contributed by atoms with Crippen LogP contribution in [0.2, 0.25) is 0 Å². The highest BCUT2D eigenvalue weighted by atomic mass is 32.2. The third-order valence-corrected chi connectivity index (χ3v) is 6.08. The van der Waals surface area contributed by atoms with E-state index in [-0.39, 0.29) is 11.5 Å². The normalized spacial score (nSPS) is 19.0. The van der Waals surface area contributed by atoms with Gasteiger partial charge in [0.05, 0.1) is 11.5 Å². The summed E-state index contributed by atoms with van der Waals surface area (Å²) in [6.07, 6.45) is 3.03. The second kappa shape index (κ2) is 9.80. The molecule has 0 amide bonds. The fraction of sp³-hybridized carbons (Fsp3) is 0.632. The van der Waals surface area contributed by atoms with Gasteiger partial charge in [0.1, 0.15) is 0 Å². The number of benzene rings is 1. The molecule has 0 aliphatic carbocycles. The molecule has 1 aliphatic rings. The highest BCUT2D eigenvalue weighted by molar-refractivity contribution is 7.90. The lowest BCUT2D eigenvalue weighted by Crippen LogP contribution is -2.46. The molecule has 0 radical (unpaired) electrons. The first-order chi connectivity index (χ1) is 12.0. The summed E-state index contributed by atoms with van der Waals surface area (Å²) < 4.78 is 24.5. The van der Waals surface area contributed by atoms with E-state index in [1.165, 1.54) is 12.8 Å². The van der Waals surface area contributed by atoms with E-state index in [4.69, 9.17) is 0 Å². The number of nitrogens with one attached hydrogen (secondary N) is 1. The van der Waals surface area contributed by atoms with Gasteiger partial charge in [-0.05, 0) is 37.7 Å². The van der Waals surface area contributed by atoms with Crippen LogP contribution in [0.3, 0.4) is 0 Å². The number of guanidine groups is 1. The van der Waals surface area contributed by atoms with E-state index < -0.39 is 9.84 Å². The molecule has 1 unspecified atom stereocenters. The summed E-state index contributed by atoms with van der Waals surface area (Å²) in [7, 11) is -3.08. The lowest BCUT2D eigenvalue weighted by Gasteiger charge is -2.33. The Bertz CT molecular complexity index is 644. The highest BCUT2D eigenvalue weighted by Gasteiger charge is 2.19. The Labute approximate surface area is 152 Å². The van der Waals surface area contributed by atoms with Crippen LogP contribution in [-0.2, 0) is 15.6 Å². The number of hydrogen-bond acceptors (Lipinski definition) is 3. The summed E-state index contributed by atoms with van der Waals surface area (Å²) in [5, 5.41) is 3.34. The molecule has 1 fully saturated rings. The topological polar surface area (TPSA) is 61.8 Å². The van der Waals surface area contributed by atoms with Crippen LogP contribution in [0.4, 0.5) is 0 Å². The van der Waals surface area contributed by atoms with Crippen molar-refractivity contribution >= 4 is 15.8 Å². The number of aliphatic imine (C=N–C) groups is 1. The van der Waals surface area contributed by atoms with Crippen molar-refractivity contribution in [1.82, 2.24) is 10.2 Å². The maximum atomic E-state index is 12.2. The van der Waals surface area contributed by atoms with Gasteiger partial charge in [-0.2, -0.15) is 0 Å². The molecular formula is C19H31N3O2S. The van der Waals surface area contributed by atoms with Gasteiger partial charge in [0.25, 0.3) is 0 Å². The van der Waals surface area contributed by atoms with E-state index in [0.29, 0.717) is 18.9 Å². The van der Waals surface area contributed by atoms with Crippen LogP contribution >= 0.6 is 0 Å². The monoisotopic (exact) mass is 365 g/mol. The quantitative estimate of drug-likeness (QED) is 0.458. The molecule has 140 valence electrons. The fourth-order valence-electron chi connectivity index (χ4n) is 3.18. The zero-order chi connectivity index (χ0) is 18.1. The van der Waals surface area contributed by atoms with E-state index in [2.05, 4.69) is 29.1 Å². The molecule has 0 saturated carbocycles. The first-order valence-corrected chi connectivity index (χ1v) is 11.1. The van der Waals surface area contributed by atoms with Gasteiger partial charge < -0.3 is 10.2 Å². The van der Waals surface area contributed by atoms with Crippen LogP contribution in [0.5, 0.6) is 0 Å². The minimum absolute atomic E-state index is 0.112. The minimum atomic E-state index is -3.08. The molecule has 1 atom stereocenters. The number of likely N-dealkylation sites (tertiary alicyclic amines) is 1. The molecule has 25 heavy (non-hydrogen) atoms. The standard InChI is InChI=1S/C19H31N3O2S/c1-3-20-19(22-13-7-9-17(2)15-22)21-12-8-14-25(23,24)16-18-10-5-4-6-11-18/h4-6,10-11,17H,3,7-9,12-16H2,1-2H3,(H,20,21). The third kappa shape index (κ3) is 7.06. The number of piperidine rings is 1. The van der Waals surface area contributed by atoms with Gasteiger partial charge in [0.15, 0.2) is 15.8 Å². The van der Waals surface area contributed by atoms with E-state index in [0.717, 1.165) is 31.2 Å².